The molecule has 0 radical (unpaired) electrons. The average molecular weight is 519 g/mol. The van der Waals surface area contributed by atoms with Crippen LogP contribution in [0.4, 0.5) is 0 Å². The topological polar surface area (TPSA) is 157 Å². The van der Waals surface area contributed by atoms with Crippen molar-refractivity contribution in [3.8, 4) is 0 Å². The maximum Gasteiger partial charge on any atom is 0.306 e. The fraction of sp³-hybridized carbons (Fsp3) is 0.765. The van der Waals surface area contributed by atoms with Crippen molar-refractivity contribution in [3.63, 3.8) is 0 Å². The SMILES string of the molecule is NSCCC(=O)OCC(COC(=O)CCS)(COC(=O)CCS)COC(=O)CCSN. The number of rotatable bonds is 18. The Kier molecular flexibility index (Phi) is 18.3. The van der Waals surface area contributed by atoms with Crippen LogP contribution in [0.3, 0.4) is 0 Å². The largest absolute Gasteiger partial charge is 0.465 e. The van der Waals surface area contributed by atoms with Crippen molar-refractivity contribution in [3.05, 3.63) is 0 Å². The molecule has 14 heteroatoms. The number of hydrogen-bond donors (Lipinski definition) is 4. The van der Waals surface area contributed by atoms with E-state index in [1.165, 1.54) is 0 Å². The van der Waals surface area contributed by atoms with Crippen LogP contribution in [0.2, 0.25) is 0 Å². The molecule has 0 rings (SSSR count). The highest BCUT2D eigenvalue weighted by Crippen LogP contribution is 2.22. The highest BCUT2D eigenvalue weighted by molar-refractivity contribution is 7.97. The second-order valence-corrected chi connectivity index (χ2v) is 8.71. The van der Waals surface area contributed by atoms with Crippen LogP contribution in [0.1, 0.15) is 25.7 Å². The van der Waals surface area contributed by atoms with E-state index in [-0.39, 0.29) is 63.6 Å². The number of hydrogen-bond acceptors (Lipinski definition) is 14. The number of ether oxygens (including phenoxy) is 4. The molecule has 0 aromatic heterocycles. The first-order valence-electron chi connectivity index (χ1n) is 9.30. The van der Waals surface area contributed by atoms with Gasteiger partial charge in [0.15, 0.2) is 0 Å². The fourth-order valence-corrected chi connectivity index (χ4v) is 2.87. The summed E-state index contributed by atoms with van der Waals surface area (Å²) in [7, 11) is 0. The van der Waals surface area contributed by atoms with Gasteiger partial charge in [-0.3, -0.25) is 29.5 Å². The molecule has 0 aliphatic carbocycles. The van der Waals surface area contributed by atoms with E-state index in [4.69, 9.17) is 29.2 Å². The number of carbonyl (C=O) groups is 4. The molecule has 0 aliphatic rings. The summed E-state index contributed by atoms with van der Waals surface area (Å²) in [6, 6.07) is 0. The molecule has 180 valence electrons. The normalized spacial score (nSPS) is 11.0. The quantitative estimate of drug-likeness (QED) is 0.0876. The van der Waals surface area contributed by atoms with Crippen LogP contribution < -0.4 is 10.3 Å². The van der Waals surface area contributed by atoms with Gasteiger partial charge in [0.05, 0.1) is 25.7 Å². The maximum absolute atomic E-state index is 12.0. The third-order valence-electron chi connectivity index (χ3n) is 3.64. The molecule has 0 spiro atoms. The molecule has 31 heavy (non-hydrogen) atoms. The first kappa shape index (κ1) is 30.2. The van der Waals surface area contributed by atoms with Crippen molar-refractivity contribution in [1.29, 1.82) is 0 Å². The molecule has 4 N–H and O–H groups in total. The predicted molar refractivity (Wildman–Crippen MR) is 126 cm³/mol. The van der Waals surface area contributed by atoms with Crippen LogP contribution in [-0.4, -0.2) is 73.3 Å². The van der Waals surface area contributed by atoms with Crippen LogP contribution in [0.5, 0.6) is 0 Å². The van der Waals surface area contributed by atoms with E-state index in [0.717, 1.165) is 23.9 Å². The smallest absolute Gasteiger partial charge is 0.306 e. The minimum absolute atomic E-state index is 0.0552. The first-order chi connectivity index (χ1) is 14.8. The zero-order valence-electron chi connectivity index (χ0n) is 17.1. The lowest BCUT2D eigenvalue weighted by molar-refractivity contribution is -0.170. The standard InChI is InChI=1S/C17H30N2O8S4/c18-30-7-3-15(22)26-11-17(9-24-13(20)1-5-28,10-25-14(21)2-6-29)12-27-16(23)4-8-31-19/h28-29H,1-12,18-19H2. The van der Waals surface area contributed by atoms with Gasteiger partial charge in [-0.2, -0.15) is 25.3 Å². The number of thiol groups is 2. The van der Waals surface area contributed by atoms with Crippen molar-refractivity contribution in [1.82, 2.24) is 0 Å². The van der Waals surface area contributed by atoms with Crippen LogP contribution in [-0.2, 0) is 38.1 Å². The summed E-state index contributed by atoms with van der Waals surface area (Å²) in [5, 5.41) is 10.6. The van der Waals surface area contributed by atoms with Crippen molar-refractivity contribution >= 4 is 73.0 Å². The zero-order chi connectivity index (χ0) is 23.5. The van der Waals surface area contributed by atoms with Gasteiger partial charge in [-0.05, 0) is 0 Å². The number of esters is 4. The molecule has 0 aromatic carbocycles. The van der Waals surface area contributed by atoms with E-state index in [0.29, 0.717) is 11.5 Å². The van der Waals surface area contributed by atoms with Gasteiger partial charge in [0.1, 0.15) is 31.8 Å². The summed E-state index contributed by atoms with van der Waals surface area (Å²) in [5.41, 5.74) is -1.28. The Hall–Kier alpha value is -0.800. The van der Waals surface area contributed by atoms with Crippen LogP contribution in [0.15, 0.2) is 0 Å². The van der Waals surface area contributed by atoms with Crippen molar-refractivity contribution < 1.29 is 38.1 Å². The van der Waals surface area contributed by atoms with Gasteiger partial charge in [-0.1, -0.05) is 23.9 Å². The van der Waals surface area contributed by atoms with Gasteiger partial charge in [0.25, 0.3) is 0 Å². The van der Waals surface area contributed by atoms with Gasteiger partial charge in [-0.25, -0.2) is 0 Å². The van der Waals surface area contributed by atoms with E-state index in [1.54, 1.807) is 0 Å². The zero-order valence-corrected chi connectivity index (χ0v) is 20.5. The molecule has 10 nitrogen and oxygen atoms in total. The monoisotopic (exact) mass is 518 g/mol. The summed E-state index contributed by atoms with van der Waals surface area (Å²) in [4.78, 5) is 47.6. The minimum atomic E-state index is -1.28. The van der Waals surface area contributed by atoms with Gasteiger partial charge in [-0.15, -0.1) is 0 Å². The third-order valence-corrected chi connectivity index (χ3v) is 4.96. The summed E-state index contributed by atoms with van der Waals surface area (Å²) in [5.74, 6) is -0.916. The van der Waals surface area contributed by atoms with Crippen molar-refractivity contribution in [2.24, 2.45) is 15.7 Å². The summed E-state index contributed by atoms with van der Waals surface area (Å²) in [6.45, 7) is -1.21. The second-order valence-electron chi connectivity index (χ2n) is 6.33. The van der Waals surface area contributed by atoms with E-state index >= 15 is 0 Å². The lowest BCUT2D eigenvalue weighted by atomic mass is 9.92. The predicted octanol–water partition coefficient (Wildman–Crippen LogP) is 0.779. The molecule has 0 atom stereocenters. The van der Waals surface area contributed by atoms with Gasteiger partial charge in [0, 0.05) is 23.0 Å². The average Bonchev–Trinajstić information content (AvgIpc) is 2.75. The lowest BCUT2D eigenvalue weighted by Gasteiger charge is -2.31. The molecule has 0 saturated heterocycles. The van der Waals surface area contributed by atoms with E-state index in [2.05, 4.69) is 25.3 Å². The summed E-state index contributed by atoms with van der Waals surface area (Å²) in [6.07, 6.45) is 0.229. The Morgan fingerprint density at radius 1 is 0.613 bits per heavy atom. The molecule has 0 bridgehead atoms. The Labute approximate surface area is 201 Å². The number of carbonyl (C=O) groups excluding carboxylic acids is 4. The third kappa shape index (κ3) is 15.6. The minimum Gasteiger partial charge on any atom is -0.465 e. The molecule has 0 heterocycles. The van der Waals surface area contributed by atoms with E-state index < -0.39 is 29.3 Å². The van der Waals surface area contributed by atoms with Gasteiger partial charge in [0.2, 0.25) is 0 Å². The Bertz CT molecular complexity index is 520. The summed E-state index contributed by atoms with van der Waals surface area (Å²) < 4.78 is 21.0. The molecular weight excluding hydrogens is 488 g/mol. The van der Waals surface area contributed by atoms with Crippen molar-refractivity contribution in [2.45, 2.75) is 25.7 Å². The van der Waals surface area contributed by atoms with E-state index in [1.807, 2.05) is 0 Å². The molecule has 0 aliphatic heterocycles. The highest BCUT2D eigenvalue weighted by Gasteiger charge is 2.37. The van der Waals surface area contributed by atoms with Crippen LogP contribution in [0, 0.1) is 5.41 Å². The van der Waals surface area contributed by atoms with Gasteiger partial charge < -0.3 is 18.9 Å². The maximum atomic E-state index is 12.0. The Morgan fingerprint density at radius 3 is 1.16 bits per heavy atom. The van der Waals surface area contributed by atoms with Gasteiger partial charge >= 0.3 is 23.9 Å². The van der Waals surface area contributed by atoms with E-state index in [9.17, 15) is 19.2 Å². The first-order valence-corrected chi connectivity index (χ1v) is 12.7. The molecule has 0 unspecified atom stereocenters. The number of nitrogens with two attached hydrogens (primary N) is 2. The highest BCUT2D eigenvalue weighted by atomic mass is 32.2. The van der Waals surface area contributed by atoms with Crippen molar-refractivity contribution in [2.75, 3.05) is 49.4 Å². The molecule has 0 amide bonds. The molecule has 0 aromatic rings. The summed E-state index contributed by atoms with van der Waals surface area (Å²) >= 11 is 9.93. The molecule has 0 saturated carbocycles. The Balaban J connectivity index is 5.37. The van der Waals surface area contributed by atoms with Crippen LogP contribution >= 0.6 is 49.2 Å². The Morgan fingerprint density at radius 2 is 0.903 bits per heavy atom. The fourth-order valence-electron chi connectivity index (χ4n) is 1.94. The lowest BCUT2D eigenvalue weighted by Crippen LogP contribution is -2.44. The van der Waals surface area contributed by atoms with Crippen LogP contribution in [0.25, 0.3) is 0 Å². The second kappa shape index (κ2) is 18.7. The molecular formula is C17H30N2O8S4. The molecule has 0 fully saturated rings.